The number of halogens is 1. The molecule has 0 saturated carbocycles. The quantitative estimate of drug-likeness (QED) is 0.450. The summed E-state index contributed by atoms with van der Waals surface area (Å²) >= 11 is 0. The van der Waals surface area contributed by atoms with Crippen molar-refractivity contribution in [2.75, 3.05) is 7.11 Å². The van der Waals surface area contributed by atoms with Crippen LogP contribution in [0.5, 0.6) is 0 Å². The molecule has 0 atom stereocenters. The first-order valence-electron chi connectivity index (χ1n) is 8.70. The van der Waals surface area contributed by atoms with Crippen molar-refractivity contribution in [1.29, 1.82) is 0 Å². The maximum Gasteiger partial charge on any atom is 0.356 e. The number of rotatable bonds is 2. The molecule has 3 heterocycles. The van der Waals surface area contributed by atoms with Crippen LogP contribution in [0.2, 0.25) is 0 Å². The molecule has 5 aromatic rings. The number of aromatic nitrogens is 3. The lowest BCUT2D eigenvalue weighted by molar-refractivity contribution is 0.0594. The summed E-state index contributed by atoms with van der Waals surface area (Å²) in [5.74, 6) is -0.912. The van der Waals surface area contributed by atoms with Crippen LogP contribution in [0.1, 0.15) is 10.5 Å². The summed E-state index contributed by atoms with van der Waals surface area (Å²) in [6.45, 7) is 0. The van der Waals surface area contributed by atoms with Crippen LogP contribution >= 0.6 is 0 Å². The van der Waals surface area contributed by atoms with E-state index >= 15 is 0 Å². The van der Waals surface area contributed by atoms with Gasteiger partial charge in [0.2, 0.25) is 0 Å². The van der Waals surface area contributed by atoms with Gasteiger partial charge in [0.25, 0.3) is 0 Å². The number of hydrogen-bond acceptors (Lipinski definition) is 4. The first kappa shape index (κ1) is 16.4. The van der Waals surface area contributed by atoms with Crippen LogP contribution in [0.25, 0.3) is 44.1 Å². The monoisotopic (exact) mass is 371 g/mol. The molecule has 0 unspecified atom stereocenters. The van der Waals surface area contributed by atoms with E-state index < -0.39 is 5.97 Å². The van der Waals surface area contributed by atoms with Crippen LogP contribution in [0.15, 0.2) is 60.7 Å². The summed E-state index contributed by atoms with van der Waals surface area (Å²) in [5.41, 5.74) is 3.53. The SMILES string of the molecule is COC(=O)c1cc2c([nH]c3ccc(F)cc32)c(-c2ccc3ccccc3n2)n1. The highest BCUT2D eigenvalue weighted by atomic mass is 19.1. The molecule has 0 fully saturated rings. The maximum absolute atomic E-state index is 13.8. The van der Waals surface area contributed by atoms with Gasteiger partial charge in [0.05, 0.1) is 23.8 Å². The molecule has 6 heteroatoms. The molecule has 1 N–H and O–H groups in total. The Hall–Kier alpha value is -3.80. The average Bonchev–Trinajstić information content (AvgIpc) is 3.10. The number of benzene rings is 2. The van der Waals surface area contributed by atoms with Crippen molar-refractivity contribution < 1.29 is 13.9 Å². The summed E-state index contributed by atoms with van der Waals surface area (Å²) in [4.78, 5) is 24.7. The largest absolute Gasteiger partial charge is 0.464 e. The Bertz CT molecular complexity index is 1390. The van der Waals surface area contributed by atoms with Gasteiger partial charge in [-0.3, -0.25) is 0 Å². The Morgan fingerprint density at radius 1 is 1.00 bits per heavy atom. The minimum atomic E-state index is -0.560. The van der Waals surface area contributed by atoms with Gasteiger partial charge in [0, 0.05) is 21.7 Å². The minimum Gasteiger partial charge on any atom is -0.464 e. The van der Waals surface area contributed by atoms with E-state index in [1.807, 2.05) is 36.4 Å². The van der Waals surface area contributed by atoms with Crippen molar-refractivity contribution in [2.45, 2.75) is 0 Å². The van der Waals surface area contributed by atoms with Gasteiger partial charge in [-0.1, -0.05) is 24.3 Å². The number of carbonyl (C=O) groups is 1. The van der Waals surface area contributed by atoms with Crippen LogP contribution in [0.4, 0.5) is 4.39 Å². The summed E-state index contributed by atoms with van der Waals surface area (Å²) < 4.78 is 18.7. The number of pyridine rings is 2. The van der Waals surface area contributed by atoms with Gasteiger partial charge >= 0.3 is 5.97 Å². The molecular formula is C22H14FN3O2. The zero-order valence-corrected chi connectivity index (χ0v) is 14.9. The highest BCUT2D eigenvalue weighted by molar-refractivity contribution is 6.12. The molecule has 5 nitrogen and oxygen atoms in total. The molecule has 0 aliphatic rings. The molecule has 5 rings (SSSR count). The number of para-hydroxylation sites is 1. The number of hydrogen-bond donors (Lipinski definition) is 1. The summed E-state index contributed by atoms with van der Waals surface area (Å²) in [5, 5.41) is 2.37. The van der Waals surface area contributed by atoms with E-state index in [0.29, 0.717) is 27.7 Å². The molecule has 28 heavy (non-hydrogen) atoms. The third-order valence-electron chi connectivity index (χ3n) is 4.79. The van der Waals surface area contributed by atoms with E-state index in [9.17, 15) is 9.18 Å². The van der Waals surface area contributed by atoms with Gasteiger partial charge in [-0.15, -0.1) is 0 Å². The fraction of sp³-hybridized carbons (Fsp3) is 0.0455. The molecule has 3 aromatic heterocycles. The highest BCUT2D eigenvalue weighted by Gasteiger charge is 2.18. The van der Waals surface area contributed by atoms with E-state index in [2.05, 4.69) is 9.97 Å². The van der Waals surface area contributed by atoms with Crippen LogP contribution in [0.3, 0.4) is 0 Å². The van der Waals surface area contributed by atoms with Crippen LogP contribution < -0.4 is 0 Å². The molecule has 136 valence electrons. The Morgan fingerprint density at radius 2 is 1.86 bits per heavy atom. The van der Waals surface area contributed by atoms with Gasteiger partial charge in [-0.2, -0.15) is 0 Å². The predicted molar refractivity (Wildman–Crippen MR) is 106 cm³/mol. The van der Waals surface area contributed by atoms with E-state index in [4.69, 9.17) is 9.72 Å². The van der Waals surface area contributed by atoms with Gasteiger partial charge < -0.3 is 9.72 Å². The average molecular weight is 371 g/mol. The summed E-state index contributed by atoms with van der Waals surface area (Å²) in [6, 6.07) is 17.7. The van der Waals surface area contributed by atoms with Crippen molar-refractivity contribution in [1.82, 2.24) is 15.0 Å². The summed E-state index contributed by atoms with van der Waals surface area (Å²) in [6.07, 6.45) is 0. The second kappa shape index (κ2) is 6.13. The Morgan fingerprint density at radius 3 is 2.71 bits per heavy atom. The second-order valence-corrected chi connectivity index (χ2v) is 6.47. The Kier molecular flexibility index (Phi) is 3.58. The van der Waals surface area contributed by atoms with Crippen LogP contribution in [-0.4, -0.2) is 28.0 Å². The number of methoxy groups -OCH3 is 1. The van der Waals surface area contributed by atoms with Crippen LogP contribution in [0, 0.1) is 5.82 Å². The topological polar surface area (TPSA) is 67.9 Å². The number of ether oxygens (including phenoxy) is 1. The number of H-pyrrole nitrogens is 1. The van der Waals surface area contributed by atoms with E-state index in [1.165, 1.54) is 19.2 Å². The van der Waals surface area contributed by atoms with Crippen LogP contribution in [-0.2, 0) is 4.74 Å². The first-order valence-corrected chi connectivity index (χ1v) is 8.70. The number of esters is 1. The maximum atomic E-state index is 13.8. The molecule has 0 radical (unpaired) electrons. The van der Waals surface area contributed by atoms with Gasteiger partial charge in [0.1, 0.15) is 17.2 Å². The van der Waals surface area contributed by atoms with Gasteiger partial charge in [-0.05, 0) is 36.4 Å². The molecule has 0 spiro atoms. The number of aromatic amines is 1. The van der Waals surface area contributed by atoms with Crippen molar-refractivity contribution in [3.05, 3.63) is 72.2 Å². The molecule has 0 aliphatic carbocycles. The fourth-order valence-corrected chi connectivity index (χ4v) is 3.46. The molecular weight excluding hydrogens is 357 g/mol. The lowest BCUT2D eigenvalue weighted by Crippen LogP contribution is -2.05. The van der Waals surface area contributed by atoms with Crippen molar-refractivity contribution in [2.24, 2.45) is 0 Å². The first-order chi connectivity index (χ1) is 13.6. The van der Waals surface area contributed by atoms with Gasteiger partial charge in [-0.25, -0.2) is 19.2 Å². The van der Waals surface area contributed by atoms with Crippen molar-refractivity contribution in [3.63, 3.8) is 0 Å². The molecule has 0 bridgehead atoms. The molecule has 0 aliphatic heterocycles. The number of carbonyl (C=O) groups excluding carboxylic acids is 1. The number of nitrogens with zero attached hydrogens (tertiary/aromatic N) is 2. The molecule has 0 amide bonds. The Balaban J connectivity index is 1.87. The summed E-state index contributed by atoms with van der Waals surface area (Å²) in [7, 11) is 1.30. The fourth-order valence-electron chi connectivity index (χ4n) is 3.46. The molecule has 0 saturated heterocycles. The zero-order chi connectivity index (χ0) is 19.3. The Labute approximate surface area is 158 Å². The predicted octanol–water partition coefficient (Wildman–Crippen LogP) is 4.86. The van der Waals surface area contributed by atoms with Gasteiger partial charge in [0.15, 0.2) is 0 Å². The third-order valence-corrected chi connectivity index (χ3v) is 4.79. The van der Waals surface area contributed by atoms with Crippen molar-refractivity contribution >= 4 is 38.7 Å². The third kappa shape index (κ3) is 2.50. The van der Waals surface area contributed by atoms with E-state index in [0.717, 1.165) is 16.4 Å². The minimum absolute atomic E-state index is 0.144. The lowest BCUT2D eigenvalue weighted by Gasteiger charge is -2.07. The smallest absolute Gasteiger partial charge is 0.356 e. The normalized spacial score (nSPS) is 11.4. The van der Waals surface area contributed by atoms with Crippen molar-refractivity contribution in [3.8, 4) is 11.4 Å². The van der Waals surface area contributed by atoms with E-state index in [-0.39, 0.29) is 11.5 Å². The highest BCUT2D eigenvalue weighted by Crippen LogP contribution is 2.33. The standard InChI is InChI=1S/C22H14FN3O2/c1-28-22(27)19-11-15-14-10-13(23)7-9-17(14)25-20(15)21(26-19)18-8-6-12-4-2-3-5-16(12)24-18/h2-11,25H,1H3. The lowest BCUT2D eigenvalue weighted by atomic mass is 10.1. The molecule has 2 aromatic carbocycles. The number of nitrogens with one attached hydrogen (secondary N) is 1. The van der Waals surface area contributed by atoms with E-state index in [1.54, 1.807) is 12.1 Å². The second-order valence-electron chi connectivity index (χ2n) is 6.47. The number of fused-ring (bicyclic) bond motifs is 4. The zero-order valence-electron chi connectivity index (χ0n) is 14.9.